The van der Waals surface area contributed by atoms with E-state index in [9.17, 15) is 14.4 Å². The molecule has 2 amide bonds. The monoisotopic (exact) mass is 751 g/mol. The van der Waals surface area contributed by atoms with E-state index < -0.39 is 34.3 Å². The molecule has 0 spiro atoms. The van der Waals surface area contributed by atoms with E-state index >= 15 is 0 Å². The lowest BCUT2D eigenvalue weighted by Crippen LogP contribution is -2.54. The fraction of sp³-hybridized carbons (Fsp3) is 0.429. The zero-order valence-corrected chi connectivity index (χ0v) is 31.5. The van der Waals surface area contributed by atoms with E-state index in [0.717, 1.165) is 0 Å². The lowest BCUT2D eigenvalue weighted by Gasteiger charge is -2.30. The van der Waals surface area contributed by atoms with Gasteiger partial charge in [0.05, 0.1) is 16.1 Å². The number of amides is 2. The van der Waals surface area contributed by atoms with Crippen molar-refractivity contribution in [3.63, 3.8) is 0 Å². The molecule has 2 heterocycles. The third-order valence-corrected chi connectivity index (χ3v) is 8.19. The average molecular weight is 754 g/mol. The molecule has 0 aliphatic rings. The van der Waals surface area contributed by atoms with E-state index in [0.29, 0.717) is 32.7 Å². The predicted octanol–water partition coefficient (Wildman–Crippen LogP) is 8.00. The molecule has 2 N–H and O–H groups in total. The van der Waals surface area contributed by atoms with Crippen LogP contribution in [-0.2, 0) is 19.1 Å². The van der Waals surface area contributed by atoms with Crippen molar-refractivity contribution in [1.82, 2.24) is 20.8 Å². The molecule has 0 radical (unpaired) electrons. The lowest BCUT2D eigenvalue weighted by atomic mass is 9.95. The van der Waals surface area contributed by atoms with Crippen LogP contribution in [0.15, 0.2) is 65.3 Å². The van der Waals surface area contributed by atoms with E-state index in [1.807, 2.05) is 48.5 Å². The van der Waals surface area contributed by atoms with Gasteiger partial charge in [0.2, 0.25) is 11.8 Å². The Balaban J connectivity index is 1.82. The third kappa shape index (κ3) is 11.0. The Morgan fingerprint density at radius 2 is 1.61 bits per heavy atom. The SMILES string of the molecule is C=C=C(NC(C(=O)NC(C(=O)CCN(C(=O)C(Cl)Cl)c1ccnc(-c2cc(-c3c(Cl)cccc3Cl)no2)c1)C(C)C)C(C)C)OC(C)(C)C. The van der Waals surface area contributed by atoms with Crippen LogP contribution in [0.4, 0.5) is 5.69 Å². The summed E-state index contributed by atoms with van der Waals surface area (Å²) >= 11 is 24.7. The Morgan fingerprint density at radius 1 is 0.980 bits per heavy atom. The first-order valence-corrected chi connectivity index (χ1v) is 17.2. The van der Waals surface area contributed by atoms with Gasteiger partial charge in [-0.05, 0) is 56.9 Å². The Morgan fingerprint density at radius 3 is 2.16 bits per heavy atom. The number of Topliss-reactive ketones (excluding diaryl/α,β-unsaturated/α-hetero) is 1. The average Bonchev–Trinajstić information content (AvgIpc) is 3.50. The van der Waals surface area contributed by atoms with Gasteiger partial charge in [-0.25, -0.2) is 0 Å². The summed E-state index contributed by atoms with van der Waals surface area (Å²) in [7, 11) is 0. The number of carbonyl (C=O) groups excluding carboxylic acids is 3. The van der Waals surface area contributed by atoms with Crippen molar-refractivity contribution in [2.75, 3.05) is 11.4 Å². The number of ether oxygens (including phenoxy) is 1. The maximum Gasteiger partial charge on any atom is 0.260 e. The Bertz CT molecular complexity index is 1670. The van der Waals surface area contributed by atoms with Gasteiger partial charge >= 0.3 is 0 Å². The summed E-state index contributed by atoms with van der Waals surface area (Å²) in [6, 6.07) is 8.28. The minimum absolute atomic E-state index is 0.0817. The predicted molar refractivity (Wildman–Crippen MR) is 195 cm³/mol. The number of aromatic nitrogens is 2. The number of anilines is 1. The molecule has 2 unspecified atom stereocenters. The summed E-state index contributed by atoms with van der Waals surface area (Å²) in [4.78, 5) is 44.6. The summed E-state index contributed by atoms with van der Waals surface area (Å²) in [5.41, 5.74) is 3.74. The minimum atomic E-state index is -1.41. The second kappa shape index (κ2) is 17.4. The van der Waals surface area contributed by atoms with Gasteiger partial charge in [-0.1, -0.05) is 97.6 Å². The number of carbonyl (C=O) groups is 3. The Labute approximate surface area is 307 Å². The highest BCUT2D eigenvalue weighted by molar-refractivity contribution is 6.54. The number of benzene rings is 1. The number of nitrogens with zero attached hydrogens (tertiary/aromatic N) is 3. The van der Waals surface area contributed by atoms with Crippen molar-refractivity contribution >= 4 is 69.7 Å². The Kier molecular flexibility index (Phi) is 14.2. The number of halogens is 4. The maximum absolute atomic E-state index is 13.6. The van der Waals surface area contributed by atoms with Crippen LogP contribution in [0.1, 0.15) is 54.9 Å². The second-order valence-electron chi connectivity index (χ2n) is 12.9. The van der Waals surface area contributed by atoms with E-state index in [2.05, 4.69) is 33.1 Å². The van der Waals surface area contributed by atoms with Gasteiger partial charge in [0.1, 0.15) is 23.0 Å². The highest BCUT2D eigenvalue weighted by atomic mass is 35.5. The van der Waals surface area contributed by atoms with Crippen LogP contribution in [0.5, 0.6) is 0 Å². The van der Waals surface area contributed by atoms with Gasteiger partial charge in [0, 0.05) is 36.5 Å². The molecule has 10 nitrogen and oxygen atoms in total. The lowest BCUT2D eigenvalue weighted by molar-refractivity contribution is -0.130. The van der Waals surface area contributed by atoms with Crippen molar-refractivity contribution in [2.45, 2.75) is 77.4 Å². The van der Waals surface area contributed by atoms with Crippen LogP contribution in [0, 0.1) is 11.8 Å². The van der Waals surface area contributed by atoms with Crippen LogP contribution in [-0.4, -0.2) is 56.8 Å². The quantitative estimate of drug-likeness (QED) is 0.0909. The largest absolute Gasteiger partial charge is 0.468 e. The van der Waals surface area contributed by atoms with Crippen LogP contribution >= 0.6 is 46.4 Å². The first kappa shape index (κ1) is 39.9. The highest BCUT2D eigenvalue weighted by Gasteiger charge is 2.32. The first-order valence-electron chi connectivity index (χ1n) is 15.6. The highest BCUT2D eigenvalue weighted by Crippen LogP contribution is 2.36. The summed E-state index contributed by atoms with van der Waals surface area (Å²) in [6.45, 7) is 16.6. The van der Waals surface area contributed by atoms with E-state index in [-0.39, 0.29) is 42.2 Å². The number of hydrogen-bond donors (Lipinski definition) is 2. The van der Waals surface area contributed by atoms with Gasteiger partial charge in [0.15, 0.2) is 16.4 Å². The van der Waals surface area contributed by atoms with Crippen LogP contribution in [0.3, 0.4) is 0 Å². The van der Waals surface area contributed by atoms with Crippen LogP contribution in [0.2, 0.25) is 10.0 Å². The number of nitrogens with one attached hydrogen (secondary N) is 2. The molecule has 0 saturated heterocycles. The van der Waals surface area contributed by atoms with Crippen molar-refractivity contribution in [3.05, 3.63) is 70.8 Å². The van der Waals surface area contributed by atoms with E-state index in [4.69, 9.17) is 55.7 Å². The summed E-state index contributed by atoms with van der Waals surface area (Å²) in [5.74, 6) is -1.26. The summed E-state index contributed by atoms with van der Waals surface area (Å²) in [6.07, 6.45) is 1.36. The molecule has 0 saturated carbocycles. The zero-order chi connectivity index (χ0) is 36.6. The molecular formula is C35H41Cl4N5O5. The molecule has 14 heteroatoms. The number of hydrogen-bond acceptors (Lipinski definition) is 8. The molecule has 3 rings (SSSR count). The van der Waals surface area contributed by atoms with E-state index in [1.54, 1.807) is 36.4 Å². The molecule has 1 aromatic carbocycles. The van der Waals surface area contributed by atoms with Crippen molar-refractivity contribution in [2.24, 2.45) is 11.8 Å². The number of rotatable bonds is 15. The number of pyridine rings is 1. The molecule has 3 aromatic rings. The molecule has 0 fully saturated rings. The van der Waals surface area contributed by atoms with Crippen molar-refractivity contribution in [3.8, 4) is 22.7 Å². The minimum Gasteiger partial charge on any atom is -0.468 e. The smallest absolute Gasteiger partial charge is 0.260 e. The maximum atomic E-state index is 13.6. The molecule has 0 aliphatic carbocycles. The normalized spacial score (nSPS) is 12.8. The molecule has 0 aliphatic heterocycles. The van der Waals surface area contributed by atoms with Gasteiger partial charge in [-0.15, -0.1) is 0 Å². The first-order chi connectivity index (χ1) is 22.9. The Hall–Kier alpha value is -3.53. The third-order valence-electron chi connectivity index (χ3n) is 7.19. The van der Waals surface area contributed by atoms with Gasteiger partial charge < -0.3 is 24.8 Å². The molecule has 264 valence electrons. The molecule has 0 bridgehead atoms. The zero-order valence-electron chi connectivity index (χ0n) is 28.4. The van der Waals surface area contributed by atoms with Gasteiger partial charge in [-0.2, -0.15) is 0 Å². The molecule has 2 atom stereocenters. The van der Waals surface area contributed by atoms with Gasteiger partial charge in [-0.3, -0.25) is 19.4 Å². The van der Waals surface area contributed by atoms with Crippen molar-refractivity contribution in [1.29, 1.82) is 0 Å². The summed E-state index contributed by atoms with van der Waals surface area (Å²) < 4.78 is 11.4. The topological polar surface area (TPSA) is 127 Å². The number of alkyl halides is 2. The number of ketones is 1. The molecular weight excluding hydrogens is 712 g/mol. The van der Waals surface area contributed by atoms with Gasteiger partial charge in [0.25, 0.3) is 5.91 Å². The molecule has 49 heavy (non-hydrogen) atoms. The van der Waals surface area contributed by atoms with E-state index in [1.165, 1.54) is 11.1 Å². The fourth-order valence-electron chi connectivity index (χ4n) is 4.80. The summed E-state index contributed by atoms with van der Waals surface area (Å²) in [5, 5.41) is 10.8. The van der Waals surface area contributed by atoms with Crippen LogP contribution < -0.4 is 15.5 Å². The fourth-order valence-corrected chi connectivity index (χ4v) is 5.63. The molecule has 2 aromatic heterocycles. The van der Waals surface area contributed by atoms with Crippen molar-refractivity contribution < 1.29 is 23.6 Å². The second-order valence-corrected chi connectivity index (χ2v) is 14.8. The standard InChI is InChI=1S/C35H41Cl4N5O5/c1-9-28(48-35(6,7)8)41-31(20(4)5)33(46)42-30(19(2)3)26(45)14-16-44(34(47)32(38)39)21-13-15-40-24(17-21)27-18-25(43-49-27)29-22(36)11-10-12-23(29)37/h10-13,15,17-20,30-32,41H,1,14,16H2,2-8H3,(H,42,46). The van der Waals surface area contributed by atoms with Crippen LogP contribution in [0.25, 0.3) is 22.7 Å².